The molecule has 0 bridgehead atoms. The molecule has 2 unspecified atom stereocenters. The van der Waals surface area contributed by atoms with Crippen LogP contribution < -0.4 is 5.73 Å². The van der Waals surface area contributed by atoms with Gasteiger partial charge in [-0.2, -0.15) is 0 Å². The van der Waals surface area contributed by atoms with E-state index in [4.69, 9.17) is 5.73 Å². The van der Waals surface area contributed by atoms with Crippen LogP contribution in [0.3, 0.4) is 0 Å². The number of hydrogen-bond acceptors (Lipinski definition) is 2. The third-order valence-corrected chi connectivity index (χ3v) is 3.68. The second-order valence-corrected chi connectivity index (χ2v) is 6.31. The van der Waals surface area contributed by atoms with Crippen molar-refractivity contribution in [3.63, 3.8) is 0 Å². The van der Waals surface area contributed by atoms with Gasteiger partial charge in [0.1, 0.15) is 0 Å². The normalized spacial score (nSPS) is 27.4. The van der Waals surface area contributed by atoms with Gasteiger partial charge in [-0.25, -0.2) is 0 Å². The molecule has 90 valence electrons. The van der Waals surface area contributed by atoms with Crippen LogP contribution >= 0.6 is 0 Å². The lowest BCUT2D eigenvalue weighted by Crippen LogP contribution is -2.45. The molecule has 0 spiro atoms. The van der Waals surface area contributed by atoms with Gasteiger partial charge in [-0.3, -0.25) is 0 Å². The van der Waals surface area contributed by atoms with Gasteiger partial charge in [0, 0.05) is 12.6 Å². The van der Waals surface area contributed by atoms with E-state index in [9.17, 15) is 0 Å². The first-order chi connectivity index (χ1) is 6.89. The Morgan fingerprint density at radius 1 is 1.27 bits per heavy atom. The highest BCUT2D eigenvalue weighted by Gasteiger charge is 2.23. The third-order valence-electron chi connectivity index (χ3n) is 3.68. The fraction of sp³-hybridized carbons (Fsp3) is 1.00. The van der Waals surface area contributed by atoms with Gasteiger partial charge < -0.3 is 10.6 Å². The Balaban J connectivity index is 2.38. The van der Waals surface area contributed by atoms with Gasteiger partial charge in [-0.1, -0.05) is 27.7 Å². The summed E-state index contributed by atoms with van der Waals surface area (Å²) in [6.07, 6.45) is 4.08. The minimum absolute atomic E-state index is 0.234. The largest absolute Gasteiger partial charge is 0.326 e. The summed E-state index contributed by atoms with van der Waals surface area (Å²) in [5.41, 5.74) is 6.46. The van der Waals surface area contributed by atoms with E-state index in [2.05, 4.69) is 32.6 Å². The Hall–Kier alpha value is -0.0800. The molecule has 0 radical (unpaired) electrons. The number of likely N-dealkylation sites (tertiary alicyclic amines) is 1. The predicted octanol–water partition coefficient (Wildman–Crippen LogP) is 2.48. The molecule has 0 aromatic heterocycles. The molecule has 1 aliphatic rings. The van der Waals surface area contributed by atoms with E-state index in [1.807, 2.05) is 0 Å². The molecule has 1 aliphatic heterocycles. The Bertz CT molecular complexity index is 183. The predicted molar refractivity (Wildman–Crippen MR) is 66.9 cm³/mol. The van der Waals surface area contributed by atoms with E-state index in [0.29, 0.717) is 6.04 Å². The van der Waals surface area contributed by atoms with Gasteiger partial charge in [0.05, 0.1) is 0 Å². The van der Waals surface area contributed by atoms with Gasteiger partial charge in [-0.15, -0.1) is 0 Å². The van der Waals surface area contributed by atoms with Crippen molar-refractivity contribution in [2.45, 2.75) is 53.0 Å². The third kappa shape index (κ3) is 4.52. The summed E-state index contributed by atoms with van der Waals surface area (Å²) < 4.78 is 0. The van der Waals surface area contributed by atoms with Crippen molar-refractivity contribution in [1.82, 2.24) is 4.90 Å². The van der Waals surface area contributed by atoms with Crippen LogP contribution in [-0.4, -0.2) is 30.6 Å². The molecule has 1 fully saturated rings. The quantitative estimate of drug-likeness (QED) is 0.762. The lowest BCUT2D eigenvalue weighted by Gasteiger charge is -2.32. The topological polar surface area (TPSA) is 29.3 Å². The number of hydrogen-bond donors (Lipinski definition) is 1. The highest BCUT2D eigenvalue weighted by molar-refractivity contribution is 4.81. The number of nitrogens with zero attached hydrogens (tertiary/aromatic N) is 1. The lowest BCUT2D eigenvalue weighted by atomic mass is 9.87. The van der Waals surface area contributed by atoms with E-state index < -0.39 is 0 Å². The van der Waals surface area contributed by atoms with E-state index in [-0.39, 0.29) is 5.41 Å². The summed E-state index contributed by atoms with van der Waals surface area (Å²) in [6, 6.07) is 0.297. The van der Waals surface area contributed by atoms with Crippen molar-refractivity contribution in [1.29, 1.82) is 0 Å². The van der Waals surface area contributed by atoms with Crippen LogP contribution in [0.4, 0.5) is 0 Å². The van der Waals surface area contributed by atoms with Gasteiger partial charge in [-0.05, 0) is 43.7 Å². The monoisotopic (exact) mass is 212 g/mol. The molecular formula is C13H28N2. The van der Waals surface area contributed by atoms with Gasteiger partial charge in [0.25, 0.3) is 0 Å². The molecule has 0 aromatic carbocycles. The van der Waals surface area contributed by atoms with Crippen molar-refractivity contribution < 1.29 is 0 Å². The van der Waals surface area contributed by atoms with E-state index in [1.54, 1.807) is 0 Å². The highest BCUT2D eigenvalue weighted by Crippen LogP contribution is 2.21. The molecule has 0 aliphatic carbocycles. The van der Waals surface area contributed by atoms with Crippen LogP contribution in [0.25, 0.3) is 0 Å². The first-order valence-electron chi connectivity index (χ1n) is 6.37. The Morgan fingerprint density at radius 2 is 1.93 bits per heavy atom. The highest BCUT2D eigenvalue weighted by atomic mass is 15.1. The van der Waals surface area contributed by atoms with E-state index in [0.717, 1.165) is 12.5 Å². The van der Waals surface area contributed by atoms with E-state index >= 15 is 0 Å². The summed E-state index contributed by atoms with van der Waals surface area (Å²) in [5.74, 6) is 0.904. The van der Waals surface area contributed by atoms with Crippen LogP contribution in [0.15, 0.2) is 0 Å². The molecule has 1 heterocycles. The van der Waals surface area contributed by atoms with Crippen molar-refractivity contribution in [2.75, 3.05) is 19.6 Å². The summed E-state index contributed by atoms with van der Waals surface area (Å²) in [6.45, 7) is 12.6. The zero-order chi connectivity index (χ0) is 11.5. The Morgan fingerprint density at radius 3 is 2.53 bits per heavy atom. The zero-order valence-electron chi connectivity index (χ0n) is 10.9. The molecular weight excluding hydrogens is 184 g/mol. The Labute approximate surface area is 95.2 Å². The van der Waals surface area contributed by atoms with Crippen molar-refractivity contribution >= 4 is 0 Å². The van der Waals surface area contributed by atoms with E-state index in [1.165, 1.54) is 32.4 Å². The molecule has 0 saturated carbocycles. The molecule has 2 nitrogen and oxygen atoms in total. The van der Waals surface area contributed by atoms with Crippen LogP contribution in [0.1, 0.15) is 47.0 Å². The fourth-order valence-electron chi connectivity index (χ4n) is 2.06. The molecule has 1 saturated heterocycles. The summed E-state index contributed by atoms with van der Waals surface area (Å²) in [7, 11) is 0. The van der Waals surface area contributed by atoms with Gasteiger partial charge >= 0.3 is 0 Å². The maximum Gasteiger partial charge on any atom is 0.0217 e. The molecule has 15 heavy (non-hydrogen) atoms. The van der Waals surface area contributed by atoms with Crippen molar-refractivity contribution in [3.05, 3.63) is 0 Å². The maximum absolute atomic E-state index is 6.23. The summed E-state index contributed by atoms with van der Waals surface area (Å²) in [4.78, 5) is 2.55. The van der Waals surface area contributed by atoms with Gasteiger partial charge in [0.2, 0.25) is 0 Å². The molecule has 1 rings (SSSR count). The second-order valence-electron chi connectivity index (χ2n) is 6.31. The molecule has 0 aromatic rings. The van der Waals surface area contributed by atoms with Crippen LogP contribution in [0.5, 0.6) is 0 Å². The van der Waals surface area contributed by atoms with Crippen molar-refractivity contribution in [3.8, 4) is 0 Å². The van der Waals surface area contributed by atoms with Crippen LogP contribution in [0.2, 0.25) is 0 Å². The first kappa shape index (κ1) is 13.0. The average Bonchev–Trinajstić information content (AvgIpc) is 2.29. The van der Waals surface area contributed by atoms with Crippen LogP contribution in [0, 0.1) is 11.3 Å². The Kier molecular flexibility index (Phi) is 4.60. The van der Waals surface area contributed by atoms with Gasteiger partial charge in [0.15, 0.2) is 0 Å². The number of rotatable bonds is 2. The first-order valence-corrected chi connectivity index (χ1v) is 6.37. The fourth-order valence-corrected chi connectivity index (χ4v) is 2.06. The van der Waals surface area contributed by atoms with Crippen molar-refractivity contribution in [2.24, 2.45) is 17.1 Å². The minimum Gasteiger partial charge on any atom is -0.326 e. The summed E-state index contributed by atoms with van der Waals surface area (Å²) >= 11 is 0. The SMILES string of the molecule is CC1CCCN(CC(N)C(C)(C)C)CC1. The average molecular weight is 212 g/mol. The standard InChI is InChI=1S/C13H28N2/c1-11-6-5-8-15(9-7-11)10-12(14)13(2,3)4/h11-12H,5-10,14H2,1-4H3. The second kappa shape index (κ2) is 5.31. The number of nitrogens with two attached hydrogens (primary N) is 1. The molecule has 2 N–H and O–H groups in total. The molecule has 2 heteroatoms. The smallest absolute Gasteiger partial charge is 0.0217 e. The minimum atomic E-state index is 0.234. The maximum atomic E-state index is 6.23. The summed E-state index contributed by atoms with van der Waals surface area (Å²) in [5, 5.41) is 0. The molecule has 2 atom stereocenters. The zero-order valence-corrected chi connectivity index (χ0v) is 10.9. The lowest BCUT2D eigenvalue weighted by molar-refractivity contribution is 0.202. The van der Waals surface area contributed by atoms with Crippen LogP contribution in [-0.2, 0) is 0 Å². The molecule has 0 amide bonds.